The van der Waals surface area contributed by atoms with Crippen molar-refractivity contribution in [3.63, 3.8) is 0 Å². The van der Waals surface area contributed by atoms with Crippen LogP contribution in [0.15, 0.2) is 30.6 Å². The third-order valence-electron chi connectivity index (χ3n) is 3.22. The molecule has 2 rings (SSSR count). The van der Waals surface area contributed by atoms with Gasteiger partial charge < -0.3 is 19.8 Å². The van der Waals surface area contributed by atoms with Gasteiger partial charge in [-0.1, -0.05) is 12.1 Å². The molecule has 8 nitrogen and oxygen atoms in total. The molecule has 0 radical (unpaired) electrons. The Morgan fingerprint density at radius 3 is 2.59 bits per heavy atom. The van der Waals surface area contributed by atoms with Gasteiger partial charge in [0.05, 0.1) is 12.7 Å². The van der Waals surface area contributed by atoms with Gasteiger partial charge in [0.15, 0.2) is 0 Å². The number of ether oxygens (including phenoxy) is 1. The molecule has 0 unspecified atom stereocenters. The Balaban J connectivity index is 2.19. The number of hydrogen-bond acceptors (Lipinski definition) is 6. The number of methoxy groups -OCH3 is 1. The van der Waals surface area contributed by atoms with Crippen molar-refractivity contribution in [1.29, 1.82) is 0 Å². The first-order valence-electron chi connectivity index (χ1n) is 6.48. The van der Waals surface area contributed by atoms with Crippen molar-refractivity contribution in [1.82, 2.24) is 9.55 Å². The van der Waals surface area contributed by atoms with Crippen LogP contribution < -0.4 is 4.90 Å². The highest BCUT2D eigenvalue weighted by Crippen LogP contribution is 2.26. The maximum Gasteiger partial charge on any atom is 0.406 e. The van der Waals surface area contributed by atoms with Crippen molar-refractivity contribution in [3.8, 4) is 0 Å². The number of carbonyl (C=O) groups excluding carboxylic acids is 1. The van der Waals surface area contributed by atoms with Crippen LogP contribution in [0.1, 0.15) is 15.9 Å². The van der Waals surface area contributed by atoms with E-state index >= 15 is 0 Å². The summed E-state index contributed by atoms with van der Waals surface area (Å²) in [7, 11) is 4.77. The molecule has 1 aromatic carbocycles. The number of anilines is 1. The Bertz CT molecular complexity index is 693. The van der Waals surface area contributed by atoms with Crippen LogP contribution in [0.25, 0.3) is 0 Å². The van der Waals surface area contributed by atoms with Crippen LogP contribution in [-0.2, 0) is 18.3 Å². The molecule has 0 amide bonds. The molecule has 0 aliphatic rings. The molecule has 2 aromatic rings. The third kappa shape index (κ3) is 3.05. The molecular weight excluding hydrogens is 288 g/mol. The average molecular weight is 304 g/mol. The number of nitro groups is 1. The predicted octanol–water partition coefficient (Wildman–Crippen LogP) is 1.75. The fourth-order valence-electron chi connectivity index (χ4n) is 2.19. The number of nitrogens with zero attached hydrogens (tertiary/aromatic N) is 4. The largest absolute Gasteiger partial charge is 0.465 e. The molecule has 0 saturated heterocycles. The fraction of sp³-hybridized carbons (Fsp3) is 0.286. The van der Waals surface area contributed by atoms with Gasteiger partial charge in [-0.15, -0.1) is 0 Å². The van der Waals surface area contributed by atoms with Gasteiger partial charge in [-0.25, -0.2) is 4.79 Å². The van der Waals surface area contributed by atoms with E-state index in [1.807, 2.05) is 0 Å². The van der Waals surface area contributed by atoms with Gasteiger partial charge in [0.2, 0.25) is 12.1 Å². The molecule has 0 fully saturated rings. The summed E-state index contributed by atoms with van der Waals surface area (Å²) in [5, 5.41) is 11.0. The van der Waals surface area contributed by atoms with Crippen molar-refractivity contribution in [2.24, 2.45) is 7.05 Å². The number of esters is 1. The molecule has 0 aliphatic carbocycles. The molecule has 116 valence electrons. The van der Waals surface area contributed by atoms with Crippen LogP contribution >= 0.6 is 0 Å². The van der Waals surface area contributed by atoms with Gasteiger partial charge in [0, 0.05) is 20.6 Å². The Labute approximate surface area is 127 Å². The molecule has 0 saturated carbocycles. The number of aromatic nitrogens is 2. The van der Waals surface area contributed by atoms with Crippen LogP contribution in [0.3, 0.4) is 0 Å². The molecule has 0 N–H and O–H groups in total. The van der Waals surface area contributed by atoms with E-state index in [-0.39, 0.29) is 5.82 Å². The normalized spacial score (nSPS) is 10.3. The number of imidazole rings is 1. The van der Waals surface area contributed by atoms with E-state index in [4.69, 9.17) is 0 Å². The second-order valence-electron chi connectivity index (χ2n) is 4.80. The quantitative estimate of drug-likeness (QED) is 0.475. The zero-order valence-corrected chi connectivity index (χ0v) is 12.5. The van der Waals surface area contributed by atoms with Crippen molar-refractivity contribution >= 4 is 17.6 Å². The molecule has 0 aliphatic heterocycles. The lowest BCUT2D eigenvalue weighted by Gasteiger charge is -2.18. The molecule has 22 heavy (non-hydrogen) atoms. The second-order valence-corrected chi connectivity index (χ2v) is 4.80. The summed E-state index contributed by atoms with van der Waals surface area (Å²) in [5.74, 6) is -0.166. The maximum absolute atomic E-state index is 11.4. The van der Waals surface area contributed by atoms with Crippen molar-refractivity contribution in [2.45, 2.75) is 6.54 Å². The van der Waals surface area contributed by atoms with E-state index in [0.29, 0.717) is 17.9 Å². The third-order valence-corrected chi connectivity index (χ3v) is 3.22. The fourth-order valence-corrected chi connectivity index (χ4v) is 2.19. The minimum Gasteiger partial charge on any atom is -0.465 e. The molecule has 1 aromatic heterocycles. The molecule has 8 heteroatoms. The standard InChI is InChI=1S/C14H16N4O4/c1-16(13-12(18(20)21)15-9-17(13)2)8-10-4-6-11(7-5-10)14(19)22-3/h4-7,9H,8H2,1-3H3. The molecule has 1 heterocycles. The summed E-state index contributed by atoms with van der Waals surface area (Å²) in [6.45, 7) is 0.446. The summed E-state index contributed by atoms with van der Waals surface area (Å²) in [6.07, 6.45) is 1.41. The van der Waals surface area contributed by atoms with Gasteiger partial charge in [-0.05, 0) is 27.6 Å². The van der Waals surface area contributed by atoms with Gasteiger partial charge in [0.25, 0.3) is 0 Å². The number of rotatable bonds is 5. The van der Waals surface area contributed by atoms with Gasteiger partial charge in [0.1, 0.15) is 0 Å². The summed E-state index contributed by atoms with van der Waals surface area (Å²) < 4.78 is 6.24. The van der Waals surface area contributed by atoms with Crippen molar-refractivity contribution in [2.75, 3.05) is 19.1 Å². The molecular formula is C14H16N4O4. The van der Waals surface area contributed by atoms with Crippen LogP contribution in [0.5, 0.6) is 0 Å². The van der Waals surface area contributed by atoms with Crippen LogP contribution in [-0.4, -0.2) is 34.6 Å². The zero-order valence-electron chi connectivity index (χ0n) is 12.5. The van der Waals surface area contributed by atoms with Crippen LogP contribution in [0.4, 0.5) is 11.6 Å². The first kappa shape index (κ1) is 15.5. The second kappa shape index (κ2) is 6.25. The zero-order chi connectivity index (χ0) is 16.3. The highest BCUT2D eigenvalue weighted by atomic mass is 16.6. The highest BCUT2D eigenvalue weighted by Gasteiger charge is 2.23. The Morgan fingerprint density at radius 2 is 2.05 bits per heavy atom. The molecule has 0 atom stereocenters. The van der Waals surface area contributed by atoms with Gasteiger partial charge in [-0.2, -0.15) is 0 Å². The van der Waals surface area contributed by atoms with Crippen molar-refractivity contribution < 1.29 is 14.5 Å². The van der Waals surface area contributed by atoms with Crippen LogP contribution in [0.2, 0.25) is 0 Å². The number of hydrogen-bond donors (Lipinski definition) is 0. The molecule has 0 spiro atoms. The summed E-state index contributed by atoms with van der Waals surface area (Å²) >= 11 is 0. The number of carbonyl (C=O) groups is 1. The maximum atomic E-state index is 11.4. The van der Waals surface area contributed by atoms with E-state index in [1.165, 1.54) is 13.4 Å². The van der Waals surface area contributed by atoms with Gasteiger partial charge >= 0.3 is 11.8 Å². The smallest absolute Gasteiger partial charge is 0.406 e. The lowest BCUT2D eigenvalue weighted by atomic mass is 10.1. The topological polar surface area (TPSA) is 90.5 Å². The van der Waals surface area contributed by atoms with Crippen LogP contribution in [0, 0.1) is 10.1 Å². The van der Waals surface area contributed by atoms with Crippen molar-refractivity contribution in [3.05, 3.63) is 51.8 Å². The van der Waals surface area contributed by atoms with E-state index < -0.39 is 10.9 Å². The van der Waals surface area contributed by atoms with E-state index in [0.717, 1.165) is 5.56 Å². The SMILES string of the molecule is COC(=O)c1ccc(CN(C)c2c([N+](=O)[O-])ncn2C)cc1. The highest BCUT2D eigenvalue weighted by molar-refractivity contribution is 5.89. The van der Waals surface area contributed by atoms with E-state index in [2.05, 4.69) is 9.72 Å². The monoisotopic (exact) mass is 304 g/mol. The predicted molar refractivity (Wildman–Crippen MR) is 79.8 cm³/mol. The average Bonchev–Trinajstić information content (AvgIpc) is 2.89. The Hall–Kier alpha value is -2.90. The minimum absolute atomic E-state index is 0.184. The Morgan fingerprint density at radius 1 is 1.41 bits per heavy atom. The number of aryl methyl sites for hydroxylation is 1. The van der Waals surface area contributed by atoms with E-state index in [1.54, 1.807) is 47.8 Å². The number of benzene rings is 1. The first-order valence-corrected chi connectivity index (χ1v) is 6.48. The summed E-state index contributed by atoms with van der Waals surface area (Å²) in [6, 6.07) is 6.88. The van der Waals surface area contributed by atoms with Gasteiger partial charge in [-0.3, -0.25) is 4.57 Å². The van der Waals surface area contributed by atoms with E-state index in [9.17, 15) is 14.9 Å². The summed E-state index contributed by atoms with van der Waals surface area (Å²) in [4.78, 5) is 27.4. The first-order chi connectivity index (χ1) is 10.4. The lowest BCUT2D eigenvalue weighted by molar-refractivity contribution is -0.388. The lowest BCUT2D eigenvalue weighted by Crippen LogP contribution is -2.20. The minimum atomic E-state index is -0.508. The Kier molecular flexibility index (Phi) is 4.40. The molecule has 0 bridgehead atoms. The summed E-state index contributed by atoms with van der Waals surface area (Å²) in [5.41, 5.74) is 1.37.